The van der Waals surface area contributed by atoms with Crippen molar-refractivity contribution in [1.82, 2.24) is 19.6 Å². The van der Waals surface area contributed by atoms with Crippen molar-refractivity contribution in [2.24, 2.45) is 0 Å². The molecule has 0 saturated heterocycles. The number of hydrogen-bond donors (Lipinski definition) is 8. The van der Waals surface area contributed by atoms with Crippen molar-refractivity contribution < 1.29 is 59.8 Å². The predicted octanol–water partition coefficient (Wildman–Crippen LogP) is -1.35. The number of ether oxygens (including phenoxy) is 4. The first kappa shape index (κ1) is 45.3. The Bertz CT molecular complexity index is 1220. The maximum Gasteiger partial charge on any atom is 0.127 e. The summed E-state index contributed by atoms with van der Waals surface area (Å²) in [6.07, 6.45) is 0. The third-order valence-corrected chi connectivity index (χ3v) is 8.98. The number of nitrogens with zero attached hydrogens (tertiary/aromatic N) is 4. The van der Waals surface area contributed by atoms with Gasteiger partial charge in [0.25, 0.3) is 0 Å². The van der Waals surface area contributed by atoms with E-state index >= 15 is 0 Å². The van der Waals surface area contributed by atoms with Gasteiger partial charge < -0.3 is 59.8 Å². The molecule has 0 fully saturated rings. The van der Waals surface area contributed by atoms with Crippen molar-refractivity contribution in [3.05, 3.63) is 36.4 Å². The summed E-state index contributed by atoms with van der Waals surface area (Å²) < 4.78 is 25.3. The molecule has 54 heavy (non-hydrogen) atoms. The van der Waals surface area contributed by atoms with Crippen LogP contribution in [0.25, 0.3) is 21.5 Å². The molecule has 0 aliphatic carbocycles. The van der Waals surface area contributed by atoms with Crippen LogP contribution >= 0.6 is 0 Å². The first-order valence-corrected chi connectivity index (χ1v) is 18.8. The Balaban J connectivity index is 2.07. The number of benzene rings is 3. The fourth-order valence-corrected chi connectivity index (χ4v) is 6.19. The smallest absolute Gasteiger partial charge is 0.127 e. The Morgan fingerprint density at radius 3 is 0.648 bits per heavy atom. The van der Waals surface area contributed by atoms with Crippen LogP contribution in [0.4, 0.5) is 0 Å². The summed E-state index contributed by atoms with van der Waals surface area (Å²) in [6.45, 7) is 5.99. The second-order valence-electron chi connectivity index (χ2n) is 12.6. The van der Waals surface area contributed by atoms with Crippen LogP contribution in [0.15, 0.2) is 36.4 Å². The minimum absolute atomic E-state index is 0.0408. The first-order valence-electron chi connectivity index (χ1n) is 18.8. The topological polar surface area (TPSA) is 212 Å². The molecule has 0 radical (unpaired) electrons. The molecular weight excluding hydrogens is 704 g/mol. The normalized spacial score (nSPS) is 11.9. The van der Waals surface area contributed by atoms with E-state index in [1.54, 1.807) is 0 Å². The maximum atomic E-state index is 9.46. The molecule has 0 amide bonds. The van der Waals surface area contributed by atoms with E-state index in [-0.39, 0.29) is 52.9 Å². The summed E-state index contributed by atoms with van der Waals surface area (Å²) in [6, 6.07) is 11.3. The van der Waals surface area contributed by atoms with Crippen LogP contribution in [0, 0.1) is 0 Å². The summed E-state index contributed by atoms with van der Waals surface area (Å²) in [4.78, 5) is 7.64. The molecule has 0 atom stereocenters. The molecule has 3 rings (SSSR count). The lowest BCUT2D eigenvalue weighted by Gasteiger charge is -2.23. The third-order valence-electron chi connectivity index (χ3n) is 8.98. The summed E-state index contributed by atoms with van der Waals surface area (Å²) in [5.41, 5.74) is 0. The molecule has 3 aromatic rings. The molecule has 306 valence electrons. The lowest BCUT2D eigenvalue weighted by atomic mass is 10.0. The summed E-state index contributed by atoms with van der Waals surface area (Å²) in [7, 11) is 0. The maximum absolute atomic E-state index is 9.46. The zero-order valence-corrected chi connectivity index (χ0v) is 31.4. The van der Waals surface area contributed by atoms with Gasteiger partial charge in [-0.05, 0) is 36.4 Å². The Kier molecular flexibility index (Phi) is 22.4. The molecule has 0 spiro atoms. The van der Waals surface area contributed by atoms with Crippen molar-refractivity contribution in [3.8, 4) is 23.0 Å². The molecule has 0 unspecified atom stereocenters. The molecule has 16 nitrogen and oxygen atoms in total. The minimum Gasteiger partial charge on any atom is -0.492 e. The van der Waals surface area contributed by atoms with Crippen molar-refractivity contribution in [2.45, 2.75) is 0 Å². The van der Waals surface area contributed by atoms with Gasteiger partial charge >= 0.3 is 0 Å². The van der Waals surface area contributed by atoms with Gasteiger partial charge in [-0.2, -0.15) is 0 Å². The highest BCUT2D eigenvalue weighted by Crippen LogP contribution is 2.42. The molecule has 3 aromatic carbocycles. The highest BCUT2D eigenvalue weighted by Gasteiger charge is 2.17. The van der Waals surface area contributed by atoms with Crippen LogP contribution in [0.2, 0.25) is 0 Å². The number of rotatable bonds is 32. The van der Waals surface area contributed by atoms with Gasteiger partial charge in [0.2, 0.25) is 0 Å². The van der Waals surface area contributed by atoms with Crippen molar-refractivity contribution in [1.29, 1.82) is 0 Å². The quantitative estimate of drug-likeness (QED) is 0.0346. The average Bonchev–Trinajstić information content (AvgIpc) is 3.16. The van der Waals surface area contributed by atoms with Gasteiger partial charge in [-0.3, -0.25) is 19.6 Å². The molecule has 0 saturated carbocycles. The number of fused-ring (bicyclic) bond motifs is 2. The lowest BCUT2D eigenvalue weighted by molar-refractivity contribution is 0.141. The molecule has 0 aliphatic rings. The number of hydrogen-bond acceptors (Lipinski definition) is 16. The van der Waals surface area contributed by atoms with Gasteiger partial charge in [0.1, 0.15) is 49.4 Å². The zero-order valence-electron chi connectivity index (χ0n) is 31.4. The highest BCUT2D eigenvalue weighted by molar-refractivity contribution is 6.07. The van der Waals surface area contributed by atoms with Crippen molar-refractivity contribution >= 4 is 21.5 Å². The van der Waals surface area contributed by atoms with E-state index in [1.165, 1.54) is 0 Å². The molecule has 0 bridgehead atoms. The minimum atomic E-state index is -0.0408. The third kappa shape index (κ3) is 14.9. The van der Waals surface area contributed by atoms with E-state index in [0.717, 1.165) is 21.5 Å². The first-order chi connectivity index (χ1) is 26.5. The van der Waals surface area contributed by atoms with Gasteiger partial charge in [-0.15, -0.1) is 0 Å². The van der Waals surface area contributed by atoms with Crippen molar-refractivity contribution in [2.75, 3.05) is 158 Å². The average molecular weight is 767 g/mol. The van der Waals surface area contributed by atoms with Crippen LogP contribution in [-0.4, -0.2) is 218 Å². The molecular formula is C38H62N4O12. The van der Waals surface area contributed by atoms with E-state index < -0.39 is 0 Å². The second-order valence-corrected chi connectivity index (χ2v) is 12.6. The van der Waals surface area contributed by atoms with Crippen LogP contribution in [0.5, 0.6) is 23.0 Å². The fourth-order valence-electron chi connectivity index (χ4n) is 6.19. The molecule has 8 N–H and O–H groups in total. The van der Waals surface area contributed by atoms with Crippen LogP contribution in [0.1, 0.15) is 0 Å². The molecule has 16 heteroatoms. The van der Waals surface area contributed by atoms with Crippen LogP contribution < -0.4 is 18.9 Å². The molecule has 0 aromatic heterocycles. The van der Waals surface area contributed by atoms with E-state index in [9.17, 15) is 40.9 Å². The van der Waals surface area contributed by atoms with E-state index in [0.29, 0.717) is 128 Å². The fraction of sp³-hybridized carbons (Fsp3) is 0.632. The number of aliphatic hydroxyl groups is 8. The van der Waals surface area contributed by atoms with Gasteiger partial charge in [0.05, 0.1) is 52.9 Å². The van der Waals surface area contributed by atoms with Gasteiger partial charge in [0.15, 0.2) is 0 Å². The Morgan fingerprint density at radius 1 is 0.296 bits per heavy atom. The number of aliphatic hydroxyl groups excluding tert-OH is 8. The van der Waals surface area contributed by atoms with Crippen LogP contribution in [0.3, 0.4) is 0 Å². The van der Waals surface area contributed by atoms with E-state index in [2.05, 4.69) is 0 Å². The summed E-state index contributed by atoms with van der Waals surface area (Å²) in [5.74, 6) is 2.36. The molecule has 0 aliphatic heterocycles. The van der Waals surface area contributed by atoms with Gasteiger partial charge in [0, 0.05) is 100 Å². The Morgan fingerprint density at radius 2 is 0.481 bits per heavy atom. The predicted molar refractivity (Wildman–Crippen MR) is 206 cm³/mol. The Labute approximate surface area is 317 Å². The van der Waals surface area contributed by atoms with E-state index in [1.807, 2.05) is 56.0 Å². The monoisotopic (exact) mass is 766 g/mol. The van der Waals surface area contributed by atoms with Crippen LogP contribution in [-0.2, 0) is 0 Å². The Hall–Kier alpha value is -3.10. The zero-order chi connectivity index (χ0) is 39.0. The van der Waals surface area contributed by atoms with Gasteiger partial charge in [-0.1, -0.05) is 0 Å². The SMILES string of the molecule is OCCN(CCO)CCOc1ccc(OCCN(CCO)CCO)c2cc3c(OCCN(CCO)CCO)ccc(OCCN(CCO)CCO)c3cc12. The highest BCUT2D eigenvalue weighted by atomic mass is 16.5. The van der Waals surface area contributed by atoms with Crippen molar-refractivity contribution in [3.63, 3.8) is 0 Å². The second kappa shape index (κ2) is 26.7. The largest absolute Gasteiger partial charge is 0.492 e. The lowest BCUT2D eigenvalue weighted by Crippen LogP contribution is -2.33. The van der Waals surface area contributed by atoms with E-state index in [4.69, 9.17) is 18.9 Å². The summed E-state index contributed by atoms with van der Waals surface area (Å²) >= 11 is 0. The molecule has 0 heterocycles. The summed E-state index contributed by atoms with van der Waals surface area (Å²) in [5, 5.41) is 78.7. The standard InChI is InChI=1S/C38H62N4O12/c43-17-5-39(6-18-44)13-25-51-35-1-2-36(52-26-14-40(7-19-45)8-20-46)32-30-34-33(29-31(32)35)37(53-27-15-41(9-21-47)10-22-48)3-4-38(34)54-28-16-42(11-23-49)12-24-50/h1-4,29-30,43-50H,5-28H2. The van der Waals surface area contributed by atoms with Gasteiger partial charge in [-0.25, -0.2) is 0 Å².